The van der Waals surface area contributed by atoms with E-state index in [0.29, 0.717) is 22.8 Å². The van der Waals surface area contributed by atoms with Crippen molar-refractivity contribution in [2.45, 2.75) is 26.3 Å². The third kappa shape index (κ3) is 2.92. The molecule has 3 nitrogen and oxygen atoms in total. The first-order chi connectivity index (χ1) is 8.60. The van der Waals surface area contributed by atoms with Crippen LogP contribution in [0.1, 0.15) is 30.8 Å². The summed E-state index contributed by atoms with van der Waals surface area (Å²) in [6.07, 6.45) is 0.432. The highest BCUT2D eigenvalue weighted by Crippen LogP contribution is 2.23. The largest absolute Gasteiger partial charge is 0.453 e. The standard InChI is InChI=1S/C14H16ClNO2/c1-3-16-9(2)6-12(17)14-8-10-7-11(15)4-5-13(10)18-14/h4-5,7-9,16H,3,6H2,1-2H3. The predicted molar refractivity (Wildman–Crippen MR) is 73.3 cm³/mol. The van der Waals surface area contributed by atoms with E-state index in [0.717, 1.165) is 11.9 Å². The Morgan fingerprint density at radius 3 is 2.94 bits per heavy atom. The fourth-order valence-electron chi connectivity index (χ4n) is 1.95. The van der Waals surface area contributed by atoms with Crippen LogP contribution in [-0.4, -0.2) is 18.4 Å². The Hall–Kier alpha value is -1.32. The van der Waals surface area contributed by atoms with Crippen LogP contribution in [0.5, 0.6) is 0 Å². The zero-order valence-electron chi connectivity index (χ0n) is 10.5. The summed E-state index contributed by atoms with van der Waals surface area (Å²) in [5.74, 6) is 0.410. The van der Waals surface area contributed by atoms with Crippen LogP contribution < -0.4 is 5.32 Å². The van der Waals surface area contributed by atoms with E-state index in [1.165, 1.54) is 0 Å². The van der Waals surface area contributed by atoms with Crippen molar-refractivity contribution in [3.05, 3.63) is 35.0 Å². The number of furan rings is 1. The van der Waals surface area contributed by atoms with E-state index >= 15 is 0 Å². The van der Waals surface area contributed by atoms with Gasteiger partial charge in [-0.1, -0.05) is 18.5 Å². The van der Waals surface area contributed by atoms with Crippen molar-refractivity contribution in [1.29, 1.82) is 0 Å². The van der Waals surface area contributed by atoms with Crippen molar-refractivity contribution in [3.8, 4) is 0 Å². The first kappa shape index (κ1) is 13.1. The van der Waals surface area contributed by atoms with Gasteiger partial charge in [0.15, 0.2) is 11.5 Å². The molecule has 0 amide bonds. The van der Waals surface area contributed by atoms with Crippen molar-refractivity contribution < 1.29 is 9.21 Å². The molecular weight excluding hydrogens is 250 g/mol. The lowest BCUT2D eigenvalue weighted by Gasteiger charge is -2.09. The van der Waals surface area contributed by atoms with Crippen molar-refractivity contribution in [1.82, 2.24) is 5.32 Å². The molecule has 1 atom stereocenters. The fourth-order valence-corrected chi connectivity index (χ4v) is 2.13. The van der Waals surface area contributed by atoms with E-state index in [-0.39, 0.29) is 11.8 Å². The number of carbonyl (C=O) groups excluding carboxylic acids is 1. The summed E-state index contributed by atoms with van der Waals surface area (Å²) in [6.45, 7) is 4.86. The number of ketones is 1. The van der Waals surface area contributed by atoms with Gasteiger partial charge in [0.1, 0.15) is 5.58 Å². The van der Waals surface area contributed by atoms with Gasteiger partial charge in [-0.25, -0.2) is 0 Å². The topological polar surface area (TPSA) is 42.2 Å². The number of nitrogens with one attached hydrogen (secondary N) is 1. The van der Waals surface area contributed by atoms with Crippen LogP contribution in [-0.2, 0) is 0 Å². The minimum absolute atomic E-state index is 0.00997. The van der Waals surface area contributed by atoms with Gasteiger partial charge in [0.2, 0.25) is 0 Å². The monoisotopic (exact) mass is 265 g/mol. The second kappa shape index (κ2) is 5.55. The molecule has 0 bridgehead atoms. The van der Waals surface area contributed by atoms with E-state index in [1.807, 2.05) is 13.8 Å². The number of hydrogen-bond donors (Lipinski definition) is 1. The number of fused-ring (bicyclic) bond motifs is 1. The van der Waals surface area contributed by atoms with Gasteiger partial charge in [0.25, 0.3) is 0 Å². The Morgan fingerprint density at radius 2 is 2.22 bits per heavy atom. The van der Waals surface area contributed by atoms with Crippen LogP contribution in [0.2, 0.25) is 5.02 Å². The minimum Gasteiger partial charge on any atom is -0.453 e. The molecule has 0 radical (unpaired) electrons. The molecule has 0 saturated carbocycles. The second-order valence-electron chi connectivity index (χ2n) is 4.38. The van der Waals surface area contributed by atoms with Crippen LogP contribution in [0, 0.1) is 0 Å². The summed E-state index contributed by atoms with van der Waals surface area (Å²) < 4.78 is 5.53. The third-order valence-electron chi connectivity index (χ3n) is 2.80. The van der Waals surface area contributed by atoms with Crippen LogP contribution in [0.3, 0.4) is 0 Å². The number of Topliss-reactive ketones (excluding diaryl/α,β-unsaturated/α-hetero) is 1. The van der Waals surface area contributed by atoms with E-state index in [4.69, 9.17) is 16.0 Å². The predicted octanol–water partition coefficient (Wildman–Crippen LogP) is 3.66. The highest BCUT2D eigenvalue weighted by atomic mass is 35.5. The van der Waals surface area contributed by atoms with E-state index in [1.54, 1.807) is 24.3 Å². The lowest BCUT2D eigenvalue weighted by Crippen LogP contribution is -2.28. The average molecular weight is 266 g/mol. The van der Waals surface area contributed by atoms with Gasteiger partial charge in [-0.05, 0) is 37.7 Å². The molecule has 0 saturated heterocycles. The van der Waals surface area contributed by atoms with Gasteiger partial charge in [-0.15, -0.1) is 0 Å². The number of benzene rings is 1. The molecule has 0 aliphatic heterocycles. The lowest BCUT2D eigenvalue weighted by molar-refractivity contribution is 0.0947. The molecule has 0 spiro atoms. The molecule has 96 valence electrons. The van der Waals surface area contributed by atoms with Gasteiger partial charge in [-0.2, -0.15) is 0 Å². The van der Waals surface area contributed by atoms with Crippen LogP contribution in [0.25, 0.3) is 11.0 Å². The summed E-state index contributed by atoms with van der Waals surface area (Å²) in [7, 11) is 0. The Morgan fingerprint density at radius 1 is 1.44 bits per heavy atom. The summed E-state index contributed by atoms with van der Waals surface area (Å²) in [4.78, 5) is 12.0. The fraction of sp³-hybridized carbons (Fsp3) is 0.357. The molecule has 1 aromatic carbocycles. The summed E-state index contributed by atoms with van der Waals surface area (Å²) in [5.41, 5.74) is 0.693. The highest BCUT2D eigenvalue weighted by Gasteiger charge is 2.15. The Balaban J connectivity index is 2.18. The molecule has 18 heavy (non-hydrogen) atoms. The quantitative estimate of drug-likeness (QED) is 0.839. The van der Waals surface area contributed by atoms with Crippen molar-refractivity contribution in [2.75, 3.05) is 6.54 Å². The minimum atomic E-state index is 0.00997. The van der Waals surface area contributed by atoms with E-state index < -0.39 is 0 Å². The first-order valence-corrected chi connectivity index (χ1v) is 6.43. The van der Waals surface area contributed by atoms with E-state index in [2.05, 4.69) is 5.32 Å². The number of hydrogen-bond acceptors (Lipinski definition) is 3. The summed E-state index contributed by atoms with van der Waals surface area (Å²) in [5, 5.41) is 4.71. The Kier molecular flexibility index (Phi) is 4.04. The van der Waals surface area contributed by atoms with Crippen LogP contribution in [0.15, 0.2) is 28.7 Å². The number of rotatable bonds is 5. The molecule has 1 N–H and O–H groups in total. The number of carbonyl (C=O) groups is 1. The van der Waals surface area contributed by atoms with E-state index in [9.17, 15) is 4.79 Å². The van der Waals surface area contributed by atoms with Crippen LogP contribution in [0.4, 0.5) is 0 Å². The molecule has 2 aromatic rings. The number of halogens is 1. The van der Waals surface area contributed by atoms with Crippen molar-refractivity contribution >= 4 is 28.4 Å². The van der Waals surface area contributed by atoms with Gasteiger partial charge in [0, 0.05) is 22.9 Å². The van der Waals surface area contributed by atoms with Crippen LogP contribution >= 0.6 is 11.6 Å². The van der Waals surface area contributed by atoms with Gasteiger partial charge >= 0.3 is 0 Å². The molecule has 1 unspecified atom stereocenters. The molecular formula is C14H16ClNO2. The Labute approximate surface area is 111 Å². The first-order valence-electron chi connectivity index (χ1n) is 6.06. The summed E-state index contributed by atoms with van der Waals surface area (Å²) in [6, 6.07) is 7.23. The average Bonchev–Trinajstić information content (AvgIpc) is 2.72. The smallest absolute Gasteiger partial charge is 0.199 e. The maximum absolute atomic E-state index is 12.0. The Bertz CT molecular complexity index is 562. The molecule has 1 aromatic heterocycles. The molecule has 0 aliphatic rings. The normalized spacial score (nSPS) is 12.8. The van der Waals surface area contributed by atoms with Gasteiger partial charge in [0.05, 0.1) is 0 Å². The highest BCUT2D eigenvalue weighted by molar-refractivity contribution is 6.31. The maximum atomic E-state index is 12.0. The molecule has 2 rings (SSSR count). The lowest BCUT2D eigenvalue weighted by atomic mass is 10.1. The second-order valence-corrected chi connectivity index (χ2v) is 4.82. The molecule has 4 heteroatoms. The van der Waals surface area contributed by atoms with Crippen molar-refractivity contribution in [2.24, 2.45) is 0 Å². The molecule has 0 aliphatic carbocycles. The summed E-state index contributed by atoms with van der Waals surface area (Å²) >= 11 is 5.90. The van der Waals surface area contributed by atoms with Crippen molar-refractivity contribution in [3.63, 3.8) is 0 Å². The zero-order chi connectivity index (χ0) is 13.1. The zero-order valence-corrected chi connectivity index (χ0v) is 11.3. The molecule has 1 heterocycles. The maximum Gasteiger partial charge on any atom is 0.199 e. The van der Waals surface area contributed by atoms with Gasteiger partial charge < -0.3 is 9.73 Å². The third-order valence-corrected chi connectivity index (χ3v) is 3.03. The molecule has 0 fully saturated rings. The SMILES string of the molecule is CCNC(C)CC(=O)c1cc2cc(Cl)ccc2o1. The van der Waals surface area contributed by atoms with Gasteiger partial charge in [-0.3, -0.25) is 4.79 Å².